The number of hydrogen-bond acceptors (Lipinski definition) is 3. The minimum atomic E-state index is -0.250. The van der Waals surface area contributed by atoms with Gasteiger partial charge in [-0.2, -0.15) is 0 Å². The van der Waals surface area contributed by atoms with Crippen molar-refractivity contribution < 1.29 is 14.7 Å². The monoisotopic (exact) mass is 335 g/mol. The third-order valence-electron chi connectivity index (χ3n) is 5.75. The number of H-pyrrole nitrogens is 1. The second-order valence-electron chi connectivity index (χ2n) is 7.27. The number of nitrogens with one attached hydrogen (secondary N) is 1. The maximum atomic E-state index is 12.6. The summed E-state index contributed by atoms with van der Waals surface area (Å²) in [5.74, 6) is 1.79. The van der Waals surface area contributed by atoms with Crippen LogP contribution in [0.2, 0.25) is 0 Å². The van der Waals surface area contributed by atoms with Gasteiger partial charge >= 0.3 is 0 Å². The van der Waals surface area contributed by atoms with Gasteiger partial charge in [0.2, 0.25) is 0 Å². The Labute approximate surface area is 143 Å². The number of aryl methyl sites for hydroxylation is 1. The van der Waals surface area contributed by atoms with Crippen LogP contribution in [0.5, 0.6) is 0 Å². The first-order valence-corrected chi connectivity index (χ1v) is 8.54. The molecule has 0 radical (unpaired) electrons. The van der Waals surface area contributed by atoms with E-state index in [4.69, 9.17) is 9.90 Å². The Kier molecular flexibility index (Phi) is 6.04. The summed E-state index contributed by atoms with van der Waals surface area (Å²) in [7, 11) is 6.35. The summed E-state index contributed by atoms with van der Waals surface area (Å²) in [5, 5.41) is 6.89. The predicted octanol–water partition coefficient (Wildman–Crippen LogP) is 2.21. The van der Waals surface area contributed by atoms with E-state index in [9.17, 15) is 4.79 Å². The van der Waals surface area contributed by atoms with Crippen LogP contribution in [0.1, 0.15) is 41.7 Å². The fourth-order valence-electron chi connectivity index (χ4n) is 4.33. The molecule has 2 saturated carbocycles. The summed E-state index contributed by atoms with van der Waals surface area (Å²) in [6.45, 7) is 1.71. The van der Waals surface area contributed by atoms with Crippen LogP contribution in [0, 0.1) is 18.8 Å². The fraction of sp³-hybridized carbons (Fsp3) is 0.667. The van der Waals surface area contributed by atoms with Gasteiger partial charge in [-0.1, -0.05) is 0 Å². The molecule has 2 unspecified atom stereocenters. The summed E-state index contributed by atoms with van der Waals surface area (Å²) < 4.78 is 0. The smallest absolute Gasteiger partial charge is 0.290 e. The van der Waals surface area contributed by atoms with Crippen LogP contribution in [-0.2, 0) is 4.79 Å². The first kappa shape index (κ1) is 18.5. The predicted molar refractivity (Wildman–Crippen MR) is 93.0 cm³/mol. The number of nitrogens with zero attached hydrogens (tertiary/aromatic N) is 2. The summed E-state index contributed by atoms with van der Waals surface area (Å²) >= 11 is 0. The molecular weight excluding hydrogens is 306 g/mol. The lowest BCUT2D eigenvalue weighted by Gasteiger charge is -2.27. The van der Waals surface area contributed by atoms with Crippen LogP contribution in [0.4, 0.5) is 0 Å². The van der Waals surface area contributed by atoms with Crippen LogP contribution >= 0.6 is 0 Å². The standard InChI is InChI=1S/C17H27N3O.CH2O2/c1-11-16(5-6-18-11)17(21)20(4)15-9-12-7-14(19(2)3)8-13(12)10-15;2-1-3/h5-6,12-15,18H,7-10H2,1-4H3;1H,(H,2,3)/t12-,13+,14?,15?;. The van der Waals surface area contributed by atoms with Crippen molar-refractivity contribution in [3.05, 3.63) is 23.5 Å². The van der Waals surface area contributed by atoms with Crippen LogP contribution < -0.4 is 0 Å². The van der Waals surface area contributed by atoms with E-state index in [1.807, 2.05) is 31.1 Å². The van der Waals surface area contributed by atoms with E-state index in [1.54, 1.807) is 0 Å². The molecule has 6 nitrogen and oxygen atoms in total. The molecule has 1 aromatic heterocycles. The lowest BCUT2D eigenvalue weighted by atomic mass is 10.0. The van der Waals surface area contributed by atoms with Gasteiger partial charge in [0.05, 0.1) is 5.56 Å². The molecule has 2 aliphatic carbocycles. The third kappa shape index (κ3) is 3.80. The van der Waals surface area contributed by atoms with Crippen LogP contribution in [0.3, 0.4) is 0 Å². The van der Waals surface area contributed by atoms with Crippen molar-refractivity contribution in [3.8, 4) is 0 Å². The molecule has 0 saturated heterocycles. The zero-order chi connectivity index (χ0) is 17.9. The maximum absolute atomic E-state index is 12.6. The normalized spacial score (nSPS) is 28.2. The Morgan fingerprint density at radius 3 is 2.08 bits per heavy atom. The molecule has 1 heterocycles. The zero-order valence-corrected chi connectivity index (χ0v) is 15.0. The molecule has 1 aromatic rings. The molecule has 0 spiro atoms. The average molecular weight is 335 g/mol. The number of rotatable bonds is 3. The van der Waals surface area contributed by atoms with E-state index in [2.05, 4.69) is 24.0 Å². The summed E-state index contributed by atoms with van der Waals surface area (Å²) in [5.41, 5.74) is 1.79. The van der Waals surface area contributed by atoms with Crippen molar-refractivity contribution in [2.24, 2.45) is 11.8 Å². The van der Waals surface area contributed by atoms with Gasteiger partial charge in [0.15, 0.2) is 0 Å². The molecule has 134 valence electrons. The number of amides is 1. The van der Waals surface area contributed by atoms with E-state index in [-0.39, 0.29) is 12.4 Å². The van der Waals surface area contributed by atoms with E-state index >= 15 is 0 Å². The maximum Gasteiger partial charge on any atom is 0.290 e. The number of carboxylic acid groups (broad SMARTS) is 1. The van der Waals surface area contributed by atoms with Gasteiger partial charge in [-0.3, -0.25) is 9.59 Å². The molecule has 2 N–H and O–H groups in total. The highest BCUT2D eigenvalue weighted by Crippen LogP contribution is 2.46. The molecule has 0 aliphatic heterocycles. The van der Waals surface area contributed by atoms with Crippen molar-refractivity contribution in [1.29, 1.82) is 0 Å². The number of aromatic amines is 1. The van der Waals surface area contributed by atoms with Gasteiger partial charge in [0, 0.05) is 31.0 Å². The molecule has 0 bridgehead atoms. The molecule has 2 fully saturated rings. The number of carbonyl (C=O) groups is 2. The summed E-state index contributed by atoms with van der Waals surface area (Å²) in [6.07, 6.45) is 6.82. The number of carbonyl (C=O) groups excluding carboxylic acids is 1. The first-order chi connectivity index (χ1) is 11.4. The largest absolute Gasteiger partial charge is 0.483 e. The number of aromatic nitrogens is 1. The van der Waals surface area contributed by atoms with Gasteiger partial charge in [-0.25, -0.2) is 0 Å². The van der Waals surface area contributed by atoms with E-state index in [0.29, 0.717) is 6.04 Å². The minimum Gasteiger partial charge on any atom is -0.483 e. The van der Waals surface area contributed by atoms with Gasteiger partial charge in [-0.15, -0.1) is 0 Å². The second-order valence-corrected chi connectivity index (χ2v) is 7.27. The van der Waals surface area contributed by atoms with Crippen LogP contribution in [-0.4, -0.2) is 65.5 Å². The van der Waals surface area contributed by atoms with Crippen LogP contribution in [0.25, 0.3) is 0 Å². The van der Waals surface area contributed by atoms with E-state index in [0.717, 1.165) is 29.1 Å². The van der Waals surface area contributed by atoms with E-state index in [1.165, 1.54) is 25.7 Å². The lowest BCUT2D eigenvalue weighted by molar-refractivity contribution is -0.122. The van der Waals surface area contributed by atoms with Gasteiger partial charge < -0.3 is 19.9 Å². The number of hydrogen-bond donors (Lipinski definition) is 2. The molecule has 2 aliphatic rings. The van der Waals surface area contributed by atoms with Crippen molar-refractivity contribution in [2.75, 3.05) is 21.1 Å². The first-order valence-electron chi connectivity index (χ1n) is 8.54. The molecule has 6 heteroatoms. The molecule has 24 heavy (non-hydrogen) atoms. The van der Waals surface area contributed by atoms with Gasteiger partial charge in [0.1, 0.15) is 0 Å². The average Bonchev–Trinajstić information content (AvgIpc) is 3.20. The van der Waals surface area contributed by atoms with Crippen LogP contribution in [0.15, 0.2) is 12.3 Å². The van der Waals surface area contributed by atoms with Gasteiger partial charge in [-0.05, 0) is 64.6 Å². The third-order valence-corrected chi connectivity index (χ3v) is 5.75. The second kappa shape index (κ2) is 7.83. The van der Waals surface area contributed by atoms with Crippen molar-refractivity contribution in [1.82, 2.24) is 14.8 Å². The summed E-state index contributed by atoms with van der Waals surface area (Å²) in [6, 6.07) is 3.06. The fourth-order valence-corrected chi connectivity index (χ4v) is 4.33. The Morgan fingerprint density at radius 1 is 1.17 bits per heavy atom. The molecular formula is C18H29N3O3. The van der Waals surface area contributed by atoms with Crippen molar-refractivity contribution in [2.45, 2.75) is 44.7 Å². The Balaban J connectivity index is 0.000000647. The number of fused-ring (bicyclic) bond motifs is 1. The topological polar surface area (TPSA) is 76.6 Å². The molecule has 0 aromatic carbocycles. The highest BCUT2D eigenvalue weighted by atomic mass is 16.3. The van der Waals surface area contributed by atoms with Crippen molar-refractivity contribution in [3.63, 3.8) is 0 Å². The molecule has 3 rings (SSSR count). The quantitative estimate of drug-likeness (QED) is 0.831. The highest BCUT2D eigenvalue weighted by molar-refractivity contribution is 5.95. The Bertz CT molecular complexity index is 556. The zero-order valence-electron chi connectivity index (χ0n) is 15.0. The SMILES string of the molecule is Cc1[nH]ccc1C(=O)N(C)C1C[C@H]2CC(N(C)C)C[C@H]2C1.O=CO. The Hall–Kier alpha value is -1.82. The summed E-state index contributed by atoms with van der Waals surface area (Å²) in [4.78, 5) is 28.4. The lowest BCUT2D eigenvalue weighted by Crippen LogP contribution is -2.36. The van der Waals surface area contributed by atoms with E-state index < -0.39 is 0 Å². The van der Waals surface area contributed by atoms with Gasteiger partial charge in [0.25, 0.3) is 12.4 Å². The molecule has 1 amide bonds. The minimum absolute atomic E-state index is 0.169. The van der Waals surface area contributed by atoms with Crippen molar-refractivity contribution >= 4 is 12.4 Å². The Morgan fingerprint density at radius 2 is 1.67 bits per heavy atom. The molecule has 4 atom stereocenters. The highest BCUT2D eigenvalue weighted by Gasteiger charge is 2.44.